The fourth-order valence-corrected chi connectivity index (χ4v) is 7.19. The van der Waals surface area contributed by atoms with Crippen LogP contribution < -0.4 is 10.5 Å². The minimum absolute atomic E-state index is 0.00839. The number of phenols is 1. The van der Waals surface area contributed by atoms with E-state index in [9.17, 15) is 37.6 Å². The van der Waals surface area contributed by atoms with E-state index < -0.39 is 64.6 Å². The average molecular weight is 745 g/mol. The van der Waals surface area contributed by atoms with Crippen molar-refractivity contribution in [3.05, 3.63) is 58.8 Å². The lowest BCUT2D eigenvalue weighted by molar-refractivity contribution is -0.188. The fourth-order valence-electron chi connectivity index (χ4n) is 6.36. The predicted molar refractivity (Wildman–Crippen MR) is 192 cm³/mol. The minimum Gasteiger partial charge on any atom is -0.507 e. The van der Waals surface area contributed by atoms with Crippen LogP contribution in [0.3, 0.4) is 0 Å². The summed E-state index contributed by atoms with van der Waals surface area (Å²) < 4.78 is 46.3. The second kappa shape index (κ2) is 16.4. The highest BCUT2D eigenvalue weighted by molar-refractivity contribution is 7.84. The molecule has 1 unspecified atom stereocenters. The van der Waals surface area contributed by atoms with E-state index in [0.717, 1.165) is 48.8 Å². The van der Waals surface area contributed by atoms with E-state index in [4.69, 9.17) is 20.0 Å². The number of β-lactam (4-membered cyclic amide) rings is 1. The number of carbonyl (C=O) groups is 3. The van der Waals surface area contributed by atoms with Gasteiger partial charge in [-0.1, -0.05) is 48.7 Å². The number of carboxylic acids is 1. The van der Waals surface area contributed by atoms with Crippen molar-refractivity contribution >= 4 is 39.5 Å². The van der Waals surface area contributed by atoms with Crippen LogP contribution in [0.15, 0.2) is 57.9 Å². The van der Waals surface area contributed by atoms with Gasteiger partial charge >= 0.3 is 16.3 Å². The molecule has 0 radical (unpaired) electrons. The Morgan fingerprint density at radius 1 is 1.23 bits per heavy atom. The van der Waals surface area contributed by atoms with Crippen molar-refractivity contribution in [3.8, 4) is 11.5 Å². The smallest absolute Gasteiger partial charge is 0.364 e. The molecule has 1 saturated heterocycles. The number of amidine groups is 1. The molecule has 1 amide bonds. The first-order valence-electron chi connectivity index (χ1n) is 17.2. The average Bonchev–Trinajstić information content (AvgIpc) is 3.47. The Bertz CT molecular complexity index is 1830. The molecule has 2 aliphatic heterocycles. The van der Waals surface area contributed by atoms with Gasteiger partial charge in [0.2, 0.25) is 11.5 Å². The summed E-state index contributed by atoms with van der Waals surface area (Å²) in [6.45, 7) is 12.0. The molecule has 5 N–H and O–H groups in total. The topological polar surface area (TPSA) is 228 Å². The highest BCUT2D eigenvalue weighted by Crippen LogP contribution is 2.47. The minimum atomic E-state index is -5.12. The molecule has 284 valence electrons. The number of allylic oxidation sites excluding steroid dienone is 4. The molecule has 16 heteroatoms. The van der Waals surface area contributed by atoms with E-state index in [1.54, 1.807) is 12.1 Å². The molecule has 0 spiro atoms. The number of aryl methyl sites for hydroxylation is 1. The number of aliphatic imine (C=N–C) groups is 1. The maximum atomic E-state index is 13.6. The van der Waals surface area contributed by atoms with E-state index in [-0.39, 0.29) is 39.8 Å². The van der Waals surface area contributed by atoms with Crippen LogP contribution in [-0.4, -0.2) is 75.3 Å². The normalized spacial score (nSPS) is 22.3. The quantitative estimate of drug-likeness (QED) is 0.0299. The maximum absolute atomic E-state index is 13.6. The van der Waals surface area contributed by atoms with Gasteiger partial charge in [0.15, 0.2) is 24.5 Å². The summed E-state index contributed by atoms with van der Waals surface area (Å²) in [5, 5.41) is 24.6. The van der Waals surface area contributed by atoms with Crippen molar-refractivity contribution in [2.75, 3.05) is 6.79 Å². The number of carboxylic acid groups (broad SMARTS) is 1. The van der Waals surface area contributed by atoms with Crippen molar-refractivity contribution in [3.63, 3.8) is 0 Å². The monoisotopic (exact) mass is 744 g/mol. The molecular weight excluding hydrogens is 696 g/mol. The molecule has 0 aromatic heterocycles. The number of aromatic hydroxyl groups is 1. The Balaban J connectivity index is 1.62. The second-order valence-corrected chi connectivity index (χ2v) is 15.2. The molecule has 2 heterocycles. The number of hydrogen-bond donors (Lipinski definition) is 4. The number of phenolic OH excluding ortho intramolecular Hbond substituents is 1. The Labute approximate surface area is 303 Å². The number of unbranched alkanes of at least 4 members (excludes halogenated alkanes) is 2. The van der Waals surface area contributed by atoms with Gasteiger partial charge in [0.1, 0.15) is 17.3 Å². The Hall–Kier alpha value is -4.54. The first-order chi connectivity index (χ1) is 24.3. The van der Waals surface area contributed by atoms with Crippen LogP contribution in [0, 0.1) is 11.8 Å². The molecule has 0 saturated carbocycles. The van der Waals surface area contributed by atoms with E-state index in [1.165, 1.54) is 19.9 Å². The maximum Gasteiger partial charge on any atom is 0.364 e. The molecule has 1 aliphatic carbocycles. The van der Waals surface area contributed by atoms with Gasteiger partial charge in [-0.05, 0) is 83.1 Å². The lowest BCUT2D eigenvalue weighted by atomic mass is 9.73. The van der Waals surface area contributed by atoms with E-state index in [0.29, 0.717) is 17.7 Å². The SMILES string of the molecule is C=C(C)[C@@H]1CCC(C)=C[C@H]1c1c(O)cc(CCCCC)cc1OCOC1[C@H](CC(=O)/C(=N\OC(C)(C)C(=O)O)C2=CCC(N)=N2)C(=O)N1S(=O)(=O)O. The molecular formula is C36H48N4O11S. The van der Waals surface area contributed by atoms with Crippen LogP contribution in [0.2, 0.25) is 0 Å². The molecule has 1 aromatic carbocycles. The Morgan fingerprint density at radius 3 is 2.54 bits per heavy atom. The number of oxime groups is 1. The first-order valence-corrected chi connectivity index (χ1v) is 18.5. The van der Waals surface area contributed by atoms with Gasteiger partial charge < -0.3 is 30.3 Å². The van der Waals surface area contributed by atoms with Crippen LogP contribution >= 0.6 is 0 Å². The molecule has 4 rings (SSSR count). The van der Waals surface area contributed by atoms with Gasteiger partial charge in [0.25, 0.3) is 0 Å². The molecule has 15 nitrogen and oxygen atoms in total. The molecule has 1 fully saturated rings. The zero-order valence-electron chi connectivity index (χ0n) is 30.1. The lowest BCUT2D eigenvalue weighted by Crippen LogP contribution is -2.64. The molecule has 0 bridgehead atoms. The van der Waals surface area contributed by atoms with Crippen molar-refractivity contribution in [1.82, 2.24) is 4.31 Å². The highest BCUT2D eigenvalue weighted by Gasteiger charge is 2.55. The van der Waals surface area contributed by atoms with Crippen LogP contribution in [-0.2, 0) is 40.7 Å². The third-order valence-electron chi connectivity index (χ3n) is 9.33. The van der Waals surface area contributed by atoms with Gasteiger partial charge in [0.05, 0.1) is 11.6 Å². The summed E-state index contributed by atoms with van der Waals surface area (Å²) in [7, 11) is -5.12. The van der Waals surface area contributed by atoms with Crippen molar-refractivity contribution in [2.45, 2.75) is 104 Å². The predicted octanol–water partition coefficient (Wildman–Crippen LogP) is 4.92. The van der Waals surface area contributed by atoms with Crippen LogP contribution in [0.1, 0.15) is 96.6 Å². The number of ether oxygens (including phenoxy) is 2. The number of hydrogen-bond acceptors (Lipinski definition) is 12. The number of nitrogens with two attached hydrogens (primary N) is 1. The zero-order valence-corrected chi connectivity index (χ0v) is 30.9. The number of carbonyl (C=O) groups excluding carboxylic acids is 2. The molecule has 4 atom stereocenters. The zero-order chi connectivity index (χ0) is 38.5. The number of aliphatic carboxylic acids is 1. The summed E-state index contributed by atoms with van der Waals surface area (Å²) in [5.74, 6) is -4.58. The number of nitrogens with zero attached hydrogens (tertiary/aromatic N) is 3. The Kier molecular flexibility index (Phi) is 12.7. The van der Waals surface area contributed by atoms with E-state index >= 15 is 0 Å². The summed E-state index contributed by atoms with van der Waals surface area (Å²) in [6.07, 6.45) is 6.59. The highest BCUT2D eigenvalue weighted by atomic mass is 32.2. The fraction of sp³-hybridized carbons (Fsp3) is 0.528. The third kappa shape index (κ3) is 9.27. The largest absolute Gasteiger partial charge is 0.507 e. The van der Waals surface area contributed by atoms with Crippen LogP contribution in [0.25, 0.3) is 0 Å². The van der Waals surface area contributed by atoms with Crippen molar-refractivity contribution in [1.29, 1.82) is 0 Å². The summed E-state index contributed by atoms with van der Waals surface area (Å²) >= 11 is 0. The van der Waals surface area contributed by atoms with Crippen molar-refractivity contribution in [2.24, 2.45) is 27.7 Å². The second-order valence-electron chi connectivity index (χ2n) is 13.9. The van der Waals surface area contributed by atoms with Crippen LogP contribution in [0.4, 0.5) is 0 Å². The van der Waals surface area contributed by atoms with Gasteiger partial charge in [-0.15, -0.1) is 0 Å². The summed E-state index contributed by atoms with van der Waals surface area (Å²) in [4.78, 5) is 47.4. The summed E-state index contributed by atoms with van der Waals surface area (Å²) in [5.41, 5.74) is 6.87. The number of amides is 1. The number of rotatable bonds is 18. The van der Waals surface area contributed by atoms with Crippen LogP contribution in [0.5, 0.6) is 11.5 Å². The first kappa shape index (κ1) is 40.2. The van der Waals surface area contributed by atoms with Gasteiger partial charge in [-0.3, -0.25) is 14.1 Å². The van der Waals surface area contributed by atoms with E-state index in [1.807, 2.05) is 13.8 Å². The molecule has 52 heavy (non-hydrogen) atoms. The van der Waals surface area contributed by atoms with E-state index in [2.05, 4.69) is 29.7 Å². The van der Waals surface area contributed by atoms with Gasteiger partial charge in [-0.25, -0.2) is 9.79 Å². The lowest BCUT2D eigenvalue weighted by Gasteiger charge is -2.43. The molecule has 1 aromatic rings. The van der Waals surface area contributed by atoms with Gasteiger partial charge in [0, 0.05) is 24.3 Å². The number of benzene rings is 1. The number of Topliss-reactive ketones (excluding diaryl/α,β-unsaturated/α-hetero) is 1. The molecule has 3 aliphatic rings. The standard InChI is InChI=1S/C36H48N4O11S/c1-7-8-9-10-22-16-27(41)31(24-15-21(4)11-12-23(24)20(2)3)29(17-22)49-19-50-34-25(33(43)40(34)52(46,47)48)18-28(42)32(26-13-14-30(37)38-26)39-51-36(5,6)35(44)45/h13,15-17,23-25,34,41H,2,7-12,14,18-19H2,1,3-6H3,(H2,37,38)(H,44,45)(H,46,47,48)/b39-32-/t23-,24+,25+,34?/m0/s1. The van der Waals surface area contributed by atoms with Crippen molar-refractivity contribution < 1.29 is 51.9 Å². The summed E-state index contributed by atoms with van der Waals surface area (Å²) in [6, 6.07) is 3.52. The third-order valence-corrected chi connectivity index (χ3v) is 10.2. The Morgan fingerprint density at radius 2 is 1.94 bits per heavy atom. The number of ketones is 1. The van der Waals surface area contributed by atoms with Gasteiger partial charge in [-0.2, -0.15) is 12.7 Å².